The number of carbonyl (C=O) groups excluding carboxylic acids is 1. The lowest BCUT2D eigenvalue weighted by Gasteiger charge is -2.23. The van der Waals surface area contributed by atoms with E-state index in [1.54, 1.807) is 19.3 Å². The molecular formula is C28H30N6O3. The number of pyridine rings is 1. The van der Waals surface area contributed by atoms with Crippen molar-refractivity contribution in [1.29, 1.82) is 0 Å². The quantitative estimate of drug-likeness (QED) is 0.305. The Balaban J connectivity index is 1.47. The van der Waals surface area contributed by atoms with E-state index in [0.717, 1.165) is 47.8 Å². The normalized spacial score (nSPS) is 15.2. The molecule has 1 unspecified atom stereocenters. The number of hydrogen-bond donors (Lipinski definition) is 3. The van der Waals surface area contributed by atoms with Crippen molar-refractivity contribution in [3.8, 4) is 22.9 Å². The molecule has 9 nitrogen and oxygen atoms in total. The van der Waals surface area contributed by atoms with Crippen LogP contribution in [-0.4, -0.2) is 46.8 Å². The molecule has 9 heteroatoms. The molecule has 2 aromatic heterocycles. The zero-order valence-electron chi connectivity index (χ0n) is 21.0. The Morgan fingerprint density at radius 1 is 1.08 bits per heavy atom. The number of nitrogens with zero attached hydrogens (tertiary/aromatic N) is 3. The van der Waals surface area contributed by atoms with Gasteiger partial charge in [0.15, 0.2) is 0 Å². The molecule has 1 saturated heterocycles. The number of hydrogen-bond acceptors (Lipinski definition) is 8. The summed E-state index contributed by atoms with van der Waals surface area (Å²) in [6.45, 7) is 5.98. The van der Waals surface area contributed by atoms with Crippen molar-refractivity contribution in [1.82, 2.24) is 20.3 Å². The third kappa shape index (κ3) is 5.62. The number of aryl methyl sites for hydroxylation is 1. The van der Waals surface area contributed by atoms with Gasteiger partial charge < -0.3 is 20.1 Å². The van der Waals surface area contributed by atoms with Gasteiger partial charge in [0.25, 0.3) is 0 Å². The van der Waals surface area contributed by atoms with Crippen molar-refractivity contribution in [2.24, 2.45) is 0 Å². The summed E-state index contributed by atoms with van der Waals surface area (Å²) < 4.78 is 11.5. The first-order valence-electron chi connectivity index (χ1n) is 12.5. The highest BCUT2D eigenvalue weighted by Crippen LogP contribution is 2.38. The highest BCUT2D eigenvalue weighted by Gasteiger charge is 2.17. The molecule has 0 bridgehead atoms. The van der Waals surface area contributed by atoms with Crippen LogP contribution in [0.2, 0.25) is 0 Å². The number of aromatic nitrogens is 3. The maximum atomic E-state index is 12.1. The number of carbonyl (C=O) groups is 1. The fourth-order valence-corrected chi connectivity index (χ4v) is 4.46. The third-order valence-electron chi connectivity index (χ3n) is 6.25. The highest BCUT2D eigenvalue weighted by atomic mass is 16.5. The molecule has 4 aromatic rings. The summed E-state index contributed by atoms with van der Waals surface area (Å²) in [5.74, 6) is 1.67. The molecule has 1 atom stereocenters. The van der Waals surface area contributed by atoms with Crippen LogP contribution in [0.3, 0.4) is 0 Å². The molecular weight excluding hydrogens is 468 g/mol. The lowest BCUT2D eigenvalue weighted by molar-refractivity contribution is 0.168. The van der Waals surface area contributed by atoms with Crippen LogP contribution in [0, 0.1) is 6.92 Å². The summed E-state index contributed by atoms with van der Waals surface area (Å²) in [5, 5.41) is 11.3. The molecule has 0 saturated carbocycles. The maximum absolute atomic E-state index is 12.1. The number of piperidine rings is 1. The van der Waals surface area contributed by atoms with Gasteiger partial charge in [-0.15, -0.1) is 0 Å². The molecule has 5 rings (SSSR count). The molecule has 1 aliphatic heterocycles. The minimum atomic E-state index is -0.498. The van der Waals surface area contributed by atoms with E-state index in [4.69, 9.17) is 14.5 Å². The van der Waals surface area contributed by atoms with Crippen LogP contribution in [-0.2, 0) is 4.74 Å². The first kappa shape index (κ1) is 24.5. The number of nitrogens with one attached hydrogen (secondary N) is 3. The number of ether oxygens (including phenoxy) is 2. The van der Waals surface area contributed by atoms with Gasteiger partial charge in [-0.2, -0.15) is 0 Å². The summed E-state index contributed by atoms with van der Waals surface area (Å²) in [5.41, 5.74) is 3.05. The van der Waals surface area contributed by atoms with Crippen LogP contribution in [0.1, 0.15) is 25.3 Å². The number of anilines is 2. The molecule has 0 spiro atoms. The summed E-state index contributed by atoms with van der Waals surface area (Å²) in [4.78, 5) is 25.8. The topological polar surface area (TPSA) is 110 Å². The van der Waals surface area contributed by atoms with Gasteiger partial charge in [-0.1, -0.05) is 24.3 Å². The van der Waals surface area contributed by atoms with Crippen LogP contribution in [0.4, 0.5) is 16.4 Å². The van der Waals surface area contributed by atoms with E-state index in [9.17, 15) is 4.79 Å². The molecule has 0 aliphatic carbocycles. The largest absolute Gasteiger partial charge is 0.450 e. The van der Waals surface area contributed by atoms with Crippen molar-refractivity contribution in [3.63, 3.8) is 0 Å². The van der Waals surface area contributed by atoms with E-state index in [1.807, 2.05) is 55.5 Å². The lowest BCUT2D eigenvalue weighted by Crippen LogP contribution is -2.38. The Morgan fingerprint density at radius 3 is 2.84 bits per heavy atom. The average Bonchev–Trinajstić information content (AvgIpc) is 2.91. The predicted molar refractivity (Wildman–Crippen MR) is 144 cm³/mol. The van der Waals surface area contributed by atoms with Gasteiger partial charge in [0.05, 0.1) is 23.6 Å². The molecule has 37 heavy (non-hydrogen) atoms. The van der Waals surface area contributed by atoms with Crippen LogP contribution in [0.15, 0.2) is 60.9 Å². The van der Waals surface area contributed by atoms with E-state index in [2.05, 4.69) is 25.9 Å². The molecule has 3 N–H and O–H groups in total. The second-order valence-corrected chi connectivity index (χ2v) is 8.87. The Kier molecular flexibility index (Phi) is 7.41. The fourth-order valence-electron chi connectivity index (χ4n) is 4.46. The van der Waals surface area contributed by atoms with Crippen molar-refractivity contribution >= 4 is 28.5 Å². The first-order valence-corrected chi connectivity index (χ1v) is 12.5. The van der Waals surface area contributed by atoms with E-state index in [0.29, 0.717) is 41.6 Å². The lowest BCUT2D eigenvalue weighted by atomic mass is 10.0. The van der Waals surface area contributed by atoms with Gasteiger partial charge in [-0.05, 0) is 63.1 Å². The number of amides is 1. The minimum Gasteiger partial charge on any atom is -0.450 e. The summed E-state index contributed by atoms with van der Waals surface area (Å²) >= 11 is 0. The number of benzene rings is 2. The zero-order chi connectivity index (χ0) is 25.6. The molecule has 1 amide bonds. The van der Waals surface area contributed by atoms with Gasteiger partial charge in [-0.25, -0.2) is 19.7 Å². The SMILES string of the molecule is CCOC(=O)Nc1cccc2c(Oc3ncccc3-c3ccnc(NC4CCCNC4)n3)c(C)ccc12. The van der Waals surface area contributed by atoms with Crippen LogP contribution < -0.4 is 20.7 Å². The summed E-state index contributed by atoms with van der Waals surface area (Å²) in [7, 11) is 0. The standard InChI is InChI=1S/C28H30N6O3/c1-3-36-28(35)34-23-10-4-8-21-20(23)12-11-18(2)25(21)37-26-22(9-6-15-30-26)24-13-16-31-27(33-24)32-19-7-5-14-29-17-19/h4,6,8-13,15-16,19,29H,3,5,7,14,17H2,1-2H3,(H,34,35)(H,31,32,33). The van der Waals surface area contributed by atoms with Crippen LogP contribution in [0.25, 0.3) is 22.0 Å². The predicted octanol–water partition coefficient (Wildman–Crippen LogP) is 5.52. The molecule has 3 heterocycles. The highest BCUT2D eigenvalue weighted by molar-refractivity contribution is 6.03. The van der Waals surface area contributed by atoms with Gasteiger partial charge in [0.1, 0.15) is 5.75 Å². The average molecular weight is 499 g/mol. The molecule has 190 valence electrons. The van der Waals surface area contributed by atoms with Gasteiger partial charge >= 0.3 is 6.09 Å². The second-order valence-electron chi connectivity index (χ2n) is 8.87. The van der Waals surface area contributed by atoms with E-state index < -0.39 is 6.09 Å². The first-order chi connectivity index (χ1) is 18.1. The smallest absolute Gasteiger partial charge is 0.411 e. The minimum absolute atomic E-state index is 0.296. The van der Waals surface area contributed by atoms with Crippen molar-refractivity contribution in [2.75, 3.05) is 30.3 Å². The van der Waals surface area contributed by atoms with Crippen molar-refractivity contribution < 1.29 is 14.3 Å². The summed E-state index contributed by atoms with van der Waals surface area (Å²) in [6.07, 6.45) is 5.14. The monoisotopic (exact) mass is 498 g/mol. The molecule has 1 fully saturated rings. The molecule has 1 aliphatic rings. The molecule has 0 radical (unpaired) electrons. The second kappa shape index (κ2) is 11.2. The van der Waals surface area contributed by atoms with Crippen LogP contribution in [0.5, 0.6) is 11.6 Å². The van der Waals surface area contributed by atoms with E-state index in [-0.39, 0.29) is 0 Å². The zero-order valence-corrected chi connectivity index (χ0v) is 21.0. The Hall–Kier alpha value is -4.24. The van der Waals surface area contributed by atoms with Crippen molar-refractivity contribution in [2.45, 2.75) is 32.7 Å². The van der Waals surface area contributed by atoms with Gasteiger partial charge in [0.2, 0.25) is 11.8 Å². The van der Waals surface area contributed by atoms with E-state index in [1.165, 1.54) is 0 Å². The van der Waals surface area contributed by atoms with Crippen molar-refractivity contribution in [3.05, 3.63) is 66.5 Å². The Bertz CT molecular complexity index is 1400. The third-order valence-corrected chi connectivity index (χ3v) is 6.25. The summed E-state index contributed by atoms with van der Waals surface area (Å²) in [6, 6.07) is 15.5. The Labute approximate surface area is 215 Å². The van der Waals surface area contributed by atoms with Gasteiger partial charge in [-0.3, -0.25) is 5.32 Å². The van der Waals surface area contributed by atoms with Crippen LogP contribution >= 0.6 is 0 Å². The number of rotatable bonds is 7. The molecule has 2 aromatic carbocycles. The number of fused-ring (bicyclic) bond motifs is 1. The maximum Gasteiger partial charge on any atom is 0.411 e. The van der Waals surface area contributed by atoms with E-state index >= 15 is 0 Å². The fraction of sp³-hybridized carbons (Fsp3) is 0.286. The Morgan fingerprint density at radius 2 is 2.00 bits per heavy atom. The van der Waals surface area contributed by atoms with Gasteiger partial charge in [0, 0.05) is 35.8 Å².